The molecule has 0 aliphatic heterocycles. The van der Waals surface area contributed by atoms with Gasteiger partial charge in [-0.2, -0.15) is 0 Å². The van der Waals surface area contributed by atoms with E-state index in [-0.39, 0.29) is 19.6 Å². The summed E-state index contributed by atoms with van der Waals surface area (Å²) in [6.45, 7) is 5.36. The number of phosphoric ester groups is 1. The molecule has 0 amide bonds. The van der Waals surface area contributed by atoms with Crippen LogP contribution in [-0.4, -0.2) is 74.9 Å². The molecule has 0 saturated carbocycles. The molecule has 0 aliphatic carbocycles. The van der Waals surface area contributed by atoms with E-state index in [1.54, 1.807) is 0 Å². The highest BCUT2D eigenvalue weighted by Crippen LogP contribution is 2.43. The standard InChI is InChI=1S/C29H56NO8P/c1-6-8-9-10-11-12-13-14-15-16-17-18-19-20-21-22-29(32)35-25-27(38-28(31)7-2)26-37-39(33,34)36-24-23-30(3,4)5/h7,27H,2,6,8-26H2,1,3-5H3/p+1/t27-/m1/s1. The fourth-order valence-corrected chi connectivity index (χ4v) is 4.61. The van der Waals surface area contributed by atoms with Crippen molar-refractivity contribution in [2.75, 3.05) is 47.5 Å². The van der Waals surface area contributed by atoms with Crippen LogP contribution in [0.3, 0.4) is 0 Å². The summed E-state index contributed by atoms with van der Waals surface area (Å²) in [4.78, 5) is 33.6. The van der Waals surface area contributed by atoms with E-state index in [2.05, 4.69) is 13.5 Å². The monoisotopic (exact) mass is 578 g/mol. The molecule has 0 spiro atoms. The predicted octanol–water partition coefficient (Wildman–Crippen LogP) is 6.73. The molecule has 0 fully saturated rings. The summed E-state index contributed by atoms with van der Waals surface area (Å²) in [5.41, 5.74) is 0. The van der Waals surface area contributed by atoms with Crippen LogP contribution >= 0.6 is 7.82 Å². The van der Waals surface area contributed by atoms with E-state index in [0.717, 1.165) is 25.3 Å². The van der Waals surface area contributed by atoms with Crippen LogP contribution in [0.2, 0.25) is 0 Å². The van der Waals surface area contributed by atoms with E-state index >= 15 is 0 Å². The van der Waals surface area contributed by atoms with Gasteiger partial charge in [-0.15, -0.1) is 0 Å². The summed E-state index contributed by atoms with van der Waals surface area (Å²) < 4.78 is 32.9. The fourth-order valence-electron chi connectivity index (χ4n) is 3.87. The second kappa shape index (κ2) is 23.5. The number of phosphoric acid groups is 1. The Hall–Kier alpha value is -1.25. The zero-order chi connectivity index (χ0) is 29.4. The van der Waals surface area contributed by atoms with Gasteiger partial charge < -0.3 is 18.9 Å². The number of carbonyl (C=O) groups excluding carboxylic acids is 2. The predicted molar refractivity (Wildman–Crippen MR) is 155 cm³/mol. The third kappa shape index (κ3) is 26.7. The molecule has 10 heteroatoms. The molecular formula is C29H57NO8P+. The molecule has 0 aromatic rings. The number of hydrogen-bond acceptors (Lipinski definition) is 7. The molecule has 9 nitrogen and oxygen atoms in total. The van der Waals surface area contributed by atoms with Crippen LogP contribution in [0, 0.1) is 0 Å². The van der Waals surface area contributed by atoms with Crippen LogP contribution in [0.15, 0.2) is 12.7 Å². The topological polar surface area (TPSA) is 108 Å². The fraction of sp³-hybridized carbons (Fsp3) is 0.862. The molecule has 0 radical (unpaired) electrons. The Morgan fingerprint density at radius 1 is 0.821 bits per heavy atom. The van der Waals surface area contributed by atoms with E-state index in [0.29, 0.717) is 11.0 Å². The van der Waals surface area contributed by atoms with Crippen LogP contribution in [-0.2, 0) is 32.7 Å². The molecule has 0 bridgehead atoms. The molecule has 0 aromatic carbocycles. The zero-order valence-corrected chi connectivity index (χ0v) is 26.1. The SMILES string of the molecule is C=CC(=O)O[C@H](COC(=O)CCCCCCCCCCCCCCCCC)COP(=O)(O)OCC[N+](C)(C)C. The highest BCUT2D eigenvalue weighted by molar-refractivity contribution is 7.47. The first-order chi connectivity index (χ1) is 18.5. The molecule has 1 N–H and O–H groups in total. The lowest BCUT2D eigenvalue weighted by atomic mass is 10.0. The Balaban J connectivity index is 3.98. The number of hydrogen-bond donors (Lipinski definition) is 1. The summed E-state index contributed by atoms with van der Waals surface area (Å²) in [5.74, 6) is -1.16. The van der Waals surface area contributed by atoms with Crippen molar-refractivity contribution < 1.29 is 42.1 Å². The average molecular weight is 579 g/mol. The Morgan fingerprint density at radius 2 is 1.31 bits per heavy atom. The van der Waals surface area contributed by atoms with Crippen LogP contribution in [0.25, 0.3) is 0 Å². The quantitative estimate of drug-likeness (QED) is 0.0376. The van der Waals surface area contributed by atoms with Crippen molar-refractivity contribution in [3.63, 3.8) is 0 Å². The van der Waals surface area contributed by atoms with E-state index < -0.39 is 32.5 Å². The lowest BCUT2D eigenvalue weighted by Crippen LogP contribution is -2.37. The van der Waals surface area contributed by atoms with Crippen LogP contribution in [0.5, 0.6) is 0 Å². The van der Waals surface area contributed by atoms with Crippen LogP contribution in [0.4, 0.5) is 0 Å². The third-order valence-electron chi connectivity index (χ3n) is 6.30. The largest absolute Gasteiger partial charge is 0.472 e. The molecule has 39 heavy (non-hydrogen) atoms. The summed E-state index contributed by atoms with van der Waals surface area (Å²) in [6.07, 6.45) is 18.9. The number of nitrogens with zero attached hydrogens (tertiary/aromatic N) is 1. The number of esters is 2. The molecular weight excluding hydrogens is 521 g/mol. The van der Waals surface area contributed by atoms with Gasteiger partial charge in [-0.05, 0) is 6.42 Å². The van der Waals surface area contributed by atoms with Gasteiger partial charge in [-0.3, -0.25) is 13.8 Å². The number of ether oxygens (including phenoxy) is 2. The number of rotatable bonds is 27. The molecule has 230 valence electrons. The number of quaternary nitrogens is 1. The van der Waals surface area contributed by atoms with E-state index in [4.69, 9.17) is 18.5 Å². The van der Waals surface area contributed by atoms with Crippen molar-refractivity contribution in [1.29, 1.82) is 0 Å². The van der Waals surface area contributed by atoms with Crippen LogP contribution in [0.1, 0.15) is 110 Å². The van der Waals surface area contributed by atoms with Gasteiger partial charge in [-0.1, -0.05) is 103 Å². The lowest BCUT2D eigenvalue weighted by molar-refractivity contribution is -0.870. The van der Waals surface area contributed by atoms with Gasteiger partial charge in [0, 0.05) is 12.5 Å². The first-order valence-corrected chi connectivity index (χ1v) is 16.4. The highest BCUT2D eigenvalue weighted by Gasteiger charge is 2.26. The molecule has 0 rings (SSSR count). The second-order valence-corrected chi connectivity index (χ2v) is 12.7. The smallest absolute Gasteiger partial charge is 0.462 e. The average Bonchev–Trinajstić information content (AvgIpc) is 2.86. The van der Waals surface area contributed by atoms with Gasteiger partial charge in [0.25, 0.3) is 0 Å². The Kier molecular flexibility index (Phi) is 22.7. The second-order valence-electron chi connectivity index (χ2n) is 11.3. The van der Waals surface area contributed by atoms with Crippen molar-refractivity contribution in [2.45, 2.75) is 116 Å². The van der Waals surface area contributed by atoms with E-state index in [1.807, 2.05) is 21.1 Å². The van der Waals surface area contributed by atoms with Gasteiger partial charge in [0.1, 0.15) is 19.8 Å². The summed E-state index contributed by atoms with van der Waals surface area (Å²) in [7, 11) is 1.42. The molecule has 2 atom stereocenters. The Labute approximate surface area is 237 Å². The lowest BCUT2D eigenvalue weighted by Gasteiger charge is -2.24. The summed E-state index contributed by atoms with van der Waals surface area (Å²) in [5, 5.41) is 0. The minimum Gasteiger partial charge on any atom is -0.462 e. The van der Waals surface area contributed by atoms with Gasteiger partial charge in [-0.25, -0.2) is 9.36 Å². The number of likely N-dealkylation sites (N-methyl/N-ethyl adjacent to an activating group) is 1. The highest BCUT2D eigenvalue weighted by atomic mass is 31.2. The Morgan fingerprint density at radius 3 is 1.77 bits per heavy atom. The number of unbranched alkanes of at least 4 members (excludes halogenated alkanes) is 14. The van der Waals surface area contributed by atoms with Crippen molar-refractivity contribution in [3.05, 3.63) is 12.7 Å². The molecule has 0 aliphatic rings. The number of carbonyl (C=O) groups is 2. The van der Waals surface area contributed by atoms with Gasteiger partial charge in [0.15, 0.2) is 6.10 Å². The Bertz CT molecular complexity index is 695. The van der Waals surface area contributed by atoms with Gasteiger partial charge in [0.2, 0.25) is 0 Å². The van der Waals surface area contributed by atoms with Crippen LogP contribution < -0.4 is 0 Å². The molecule has 1 unspecified atom stereocenters. The van der Waals surface area contributed by atoms with Crippen molar-refractivity contribution in [3.8, 4) is 0 Å². The maximum atomic E-state index is 12.1. The summed E-state index contributed by atoms with van der Waals surface area (Å²) >= 11 is 0. The first-order valence-electron chi connectivity index (χ1n) is 14.9. The maximum absolute atomic E-state index is 12.1. The molecule has 0 aromatic heterocycles. The molecule has 0 saturated heterocycles. The van der Waals surface area contributed by atoms with Gasteiger partial charge >= 0.3 is 19.8 Å². The minimum absolute atomic E-state index is 0.0165. The van der Waals surface area contributed by atoms with Crippen molar-refractivity contribution >= 4 is 19.8 Å². The summed E-state index contributed by atoms with van der Waals surface area (Å²) in [6, 6.07) is 0. The third-order valence-corrected chi connectivity index (χ3v) is 7.29. The zero-order valence-electron chi connectivity index (χ0n) is 25.2. The van der Waals surface area contributed by atoms with Crippen molar-refractivity contribution in [1.82, 2.24) is 0 Å². The minimum atomic E-state index is -4.35. The first kappa shape index (κ1) is 37.8. The van der Waals surface area contributed by atoms with E-state index in [9.17, 15) is 19.0 Å². The normalized spacial score (nSPS) is 14.0. The van der Waals surface area contributed by atoms with E-state index in [1.165, 1.54) is 77.0 Å². The van der Waals surface area contributed by atoms with Crippen molar-refractivity contribution in [2.24, 2.45) is 0 Å². The maximum Gasteiger partial charge on any atom is 0.472 e. The molecule has 0 heterocycles. The van der Waals surface area contributed by atoms with Gasteiger partial charge in [0.05, 0.1) is 27.7 Å².